The highest BCUT2D eigenvalue weighted by Gasteiger charge is 2.24. The van der Waals surface area contributed by atoms with Crippen LogP contribution < -0.4 is 5.32 Å². The zero-order valence-electron chi connectivity index (χ0n) is 11.6. The quantitative estimate of drug-likeness (QED) is 0.835. The SMILES string of the molecule is CC(C)S(=O)(=O)c1cc(F)ccc1Nc1nc(Cl)ncc1Cl. The average molecular weight is 364 g/mol. The van der Waals surface area contributed by atoms with Crippen LogP contribution in [-0.2, 0) is 9.84 Å². The van der Waals surface area contributed by atoms with Crippen LogP contribution in [0.2, 0.25) is 10.3 Å². The Morgan fingerprint density at radius 3 is 2.59 bits per heavy atom. The number of aromatic nitrogens is 2. The molecule has 22 heavy (non-hydrogen) atoms. The number of hydrogen-bond acceptors (Lipinski definition) is 5. The molecule has 1 N–H and O–H groups in total. The van der Waals surface area contributed by atoms with Crippen molar-refractivity contribution in [3.8, 4) is 0 Å². The van der Waals surface area contributed by atoms with Crippen molar-refractivity contribution in [1.82, 2.24) is 9.97 Å². The van der Waals surface area contributed by atoms with Crippen molar-refractivity contribution >= 4 is 44.5 Å². The van der Waals surface area contributed by atoms with Gasteiger partial charge in [-0.05, 0) is 43.6 Å². The molecule has 0 amide bonds. The third-order valence-corrected chi connectivity index (χ3v) is 5.49. The van der Waals surface area contributed by atoms with Gasteiger partial charge in [-0.1, -0.05) is 11.6 Å². The van der Waals surface area contributed by atoms with E-state index in [1.807, 2.05) is 0 Å². The Morgan fingerprint density at radius 1 is 1.27 bits per heavy atom. The van der Waals surface area contributed by atoms with E-state index in [1.165, 1.54) is 26.1 Å². The van der Waals surface area contributed by atoms with Gasteiger partial charge in [0, 0.05) is 0 Å². The molecule has 5 nitrogen and oxygen atoms in total. The number of benzene rings is 1. The molecule has 1 heterocycles. The Balaban J connectivity index is 2.55. The van der Waals surface area contributed by atoms with Gasteiger partial charge in [0.1, 0.15) is 10.8 Å². The number of nitrogens with zero attached hydrogens (tertiary/aromatic N) is 2. The molecule has 0 spiro atoms. The highest BCUT2D eigenvalue weighted by Crippen LogP contribution is 2.30. The molecule has 1 aromatic heterocycles. The van der Waals surface area contributed by atoms with Gasteiger partial charge in [-0.2, -0.15) is 4.98 Å². The molecule has 2 rings (SSSR count). The molecule has 0 radical (unpaired) electrons. The Hall–Kier alpha value is -1.44. The molecular weight excluding hydrogens is 352 g/mol. The molecule has 0 aliphatic heterocycles. The standard InChI is InChI=1S/C13H12Cl2FN3O2S/c1-7(2)22(20,21)11-5-8(16)3-4-10(11)18-12-9(14)6-17-13(15)19-12/h3-7H,1-2H3,(H,17,18,19). The molecule has 2 aromatic rings. The second kappa shape index (κ2) is 6.36. The van der Waals surface area contributed by atoms with E-state index in [9.17, 15) is 12.8 Å². The Bertz CT molecular complexity index is 813. The van der Waals surface area contributed by atoms with Crippen LogP contribution in [0.15, 0.2) is 29.3 Å². The number of hydrogen-bond donors (Lipinski definition) is 1. The van der Waals surface area contributed by atoms with Gasteiger partial charge < -0.3 is 5.32 Å². The van der Waals surface area contributed by atoms with Crippen molar-refractivity contribution in [3.63, 3.8) is 0 Å². The first-order valence-electron chi connectivity index (χ1n) is 6.20. The van der Waals surface area contributed by atoms with Gasteiger partial charge in [0.05, 0.1) is 22.0 Å². The maximum Gasteiger partial charge on any atom is 0.224 e. The molecule has 0 unspecified atom stereocenters. The third kappa shape index (κ3) is 3.48. The van der Waals surface area contributed by atoms with Crippen LogP contribution in [0.4, 0.5) is 15.9 Å². The minimum absolute atomic E-state index is 0.0534. The second-order valence-corrected chi connectivity index (χ2v) is 7.91. The predicted octanol–water partition coefficient (Wildman–Crippen LogP) is 3.85. The lowest BCUT2D eigenvalue weighted by Crippen LogP contribution is -2.16. The van der Waals surface area contributed by atoms with Crippen LogP contribution in [0.5, 0.6) is 0 Å². The first kappa shape index (κ1) is 16.9. The highest BCUT2D eigenvalue weighted by atomic mass is 35.5. The van der Waals surface area contributed by atoms with E-state index in [0.717, 1.165) is 12.1 Å². The number of halogens is 3. The lowest BCUT2D eigenvalue weighted by molar-refractivity contribution is 0.583. The van der Waals surface area contributed by atoms with Crippen LogP contribution in [0, 0.1) is 5.82 Å². The van der Waals surface area contributed by atoms with E-state index in [2.05, 4.69) is 15.3 Å². The lowest BCUT2D eigenvalue weighted by atomic mass is 10.3. The lowest BCUT2D eigenvalue weighted by Gasteiger charge is -2.15. The maximum atomic E-state index is 13.5. The highest BCUT2D eigenvalue weighted by molar-refractivity contribution is 7.92. The average Bonchev–Trinajstić information content (AvgIpc) is 2.44. The molecule has 0 bridgehead atoms. The van der Waals surface area contributed by atoms with Crippen LogP contribution in [-0.4, -0.2) is 23.6 Å². The summed E-state index contributed by atoms with van der Waals surface area (Å²) >= 11 is 11.6. The smallest absolute Gasteiger partial charge is 0.224 e. The zero-order valence-corrected chi connectivity index (χ0v) is 14.0. The Kier molecular flexibility index (Phi) is 4.89. The second-order valence-electron chi connectivity index (χ2n) is 4.69. The summed E-state index contributed by atoms with van der Waals surface area (Å²) in [6, 6.07) is 3.39. The number of rotatable bonds is 4. The molecule has 0 fully saturated rings. The Labute approximate surface area is 137 Å². The van der Waals surface area contributed by atoms with E-state index in [1.54, 1.807) is 0 Å². The maximum absolute atomic E-state index is 13.5. The van der Waals surface area contributed by atoms with Gasteiger partial charge in [0.2, 0.25) is 5.28 Å². The molecular formula is C13H12Cl2FN3O2S. The van der Waals surface area contributed by atoms with E-state index in [-0.39, 0.29) is 26.7 Å². The van der Waals surface area contributed by atoms with E-state index >= 15 is 0 Å². The van der Waals surface area contributed by atoms with Gasteiger partial charge in [0.15, 0.2) is 15.7 Å². The first-order chi connectivity index (χ1) is 10.2. The van der Waals surface area contributed by atoms with Crippen LogP contribution in [0.25, 0.3) is 0 Å². The molecule has 0 aliphatic rings. The van der Waals surface area contributed by atoms with Crippen molar-refractivity contribution in [3.05, 3.63) is 40.5 Å². The van der Waals surface area contributed by atoms with Gasteiger partial charge in [0.25, 0.3) is 0 Å². The summed E-state index contributed by atoms with van der Waals surface area (Å²) in [7, 11) is -3.70. The van der Waals surface area contributed by atoms with Crippen molar-refractivity contribution in [2.75, 3.05) is 5.32 Å². The number of anilines is 2. The summed E-state index contributed by atoms with van der Waals surface area (Å²) in [4.78, 5) is 7.41. The van der Waals surface area contributed by atoms with Gasteiger partial charge in [-0.15, -0.1) is 0 Å². The normalized spacial score (nSPS) is 11.7. The summed E-state index contributed by atoms with van der Waals surface area (Å²) in [5.41, 5.74) is 0.159. The van der Waals surface area contributed by atoms with Crippen LogP contribution in [0.1, 0.15) is 13.8 Å². The van der Waals surface area contributed by atoms with Crippen molar-refractivity contribution in [2.24, 2.45) is 0 Å². The molecule has 0 saturated carbocycles. The minimum atomic E-state index is -3.70. The monoisotopic (exact) mass is 363 g/mol. The summed E-state index contributed by atoms with van der Waals surface area (Å²) < 4.78 is 38.2. The minimum Gasteiger partial charge on any atom is -0.338 e. The van der Waals surface area contributed by atoms with E-state index < -0.39 is 20.9 Å². The molecule has 0 atom stereocenters. The molecule has 9 heteroatoms. The number of sulfone groups is 1. The van der Waals surface area contributed by atoms with Gasteiger partial charge in [-0.25, -0.2) is 17.8 Å². The van der Waals surface area contributed by atoms with E-state index in [0.29, 0.717) is 0 Å². The van der Waals surface area contributed by atoms with Crippen LogP contribution in [0.3, 0.4) is 0 Å². The molecule has 0 saturated heterocycles. The first-order valence-corrected chi connectivity index (χ1v) is 8.50. The molecule has 0 aliphatic carbocycles. The van der Waals surface area contributed by atoms with Crippen molar-refractivity contribution in [1.29, 1.82) is 0 Å². The molecule has 1 aromatic carbocycles. The van der Waals surface area contributed by atoms with Gasteiger partial charge >= 0.3 is 0 Å². The predicted molar refractivity (Wildman–Crippen MR) is 84.1 cm³/mol. The summed E-state index contributed by atoms with van der Waals surface area (Å²) in [6.45, 7) is 3.02. The summed E-state index contributed by atoms with van der Waals surface area (Å²) in [5.74, 6) is -0.523. The summed E-state index contributed by atoms with van der Waals surface area (Å²) in [5, 5.41) is 2.15. The van der Waals surface area contributed by atoms with Crippen LogP contribution >= 0.6 is 23.2 Å². The summed E-state index contributed by atoms with van der Waals surface area (Å²) in [6.07, 6.45) is 1.28. The number of nitrogens with one attached hydrogen (secondary N) is 1. The Morgan fingerprint density at radius 2 is 1.95 bits per heavy atom. The van der Waals surface area contributed by atoms with Crippen molar-refractivity contribution < 1.29 is 12.8 Å². The van der Waals surface area contributed by atoms with Crippen molar-refractivity contribution in [2.45, 2.75) is 24.0 Å². The largest absolute Gasteiger partial charge is 0.338 e. The molecule has 118 valence electrons. The third-order valence-electron chi connectivity index (χ3n) is 2.84. The van der Waals surface area contributed by atoms with E-state index in [4.69, 9.17) is 23.2 Å². The fourth-order valence-electron chi connectivity index (χ4n) is 1.65. The zero-order chi connectivity index (χ0) is 16.5. The topological polar surface area (TPSA) is 72.0 Å². The fraction of sp³-hybridized carbons (Fsp3) is 0.231. The fourth-order valence-corrected chi connectivity index (χ4v) is 3.13. The van der Waals surface area contributed by atoms with Gasteiger partial charge in [-0.3, -0.25) is 0 Å².